The van der Waals surface area contributed by atoms with Crippen molar-refractivity contribution in [2.45, 2.75) is 12.1 Å². The summed E-state index contributed by atoms with van der Waals surface area (Å²) in [5.41, 5.74) is 2.12. The summed E-state index contributed by atoms with van der Waals surface area (Å²) in [6, 6.07) is 14.0. The van der Waals surface area contributed by atoms with Crippen molar-refractivity contribution in [3.63, 3.8) is 0 Å². The lowest BCUT2D eigenvalue weighted by molar-refractivity contribution is -0.384. The van der Waals surface area contributed by atoms with Crippen LogP contribution >= 0.6 is 11.8 Å². The topological polar surface area (TPSA) is 103 Å². The largest absolute Gasteiger partial charge is 0.325 e. The fraction of sp³-hybridized carbons (Fsp3) is 0.167. The Hall–Kier alpha value is -3.20. The van der Waals surface area contributed by atoms with Crippen LogP contribution in [0.2, 0.25) is 0 Å². The molecule has 0 fully saturated rings. The van der Waals surface area contributed by atoms with Crippen LogP contribution in [0.4, 0.5) is 11.4 Å². The Morgan fingerprint density at radius 3 is 2.63 bits per heavy atom. The van der Waals surface area contributed by atoms with E-state index in [1.165, 1.54) is 30.0 Å². The number of thioether (sulfide) groups is 1. The molecule has 0 aliphatic rings. The van der Waals surface area contributed by atoms with Gasteiger partial charge in [0.1, 0.15) is 0 Å². The number of carbonyl (C=O) groups excluding carboxylic acids is 1. The summed E-state index contributed by atoms with van der Waals surface area (Å²) in [4.78, 5) is 22.5. The summed E-state index contributed by atoms with van der Waals surface area (Å²) < 4.78 is 1.84. The highest BCUT2D eigenvalue weighted by atomic mass is 32.2. The van der Waals surface area contributed by atoms with Crippen LogP contribution < -0.4 is 5.32 Å². The Balaban J connectivity index is 1.63. The lowest BCUT2D eigenvalue weighted by Crippen LogP contribution is -2.15. The van der Waals surface area contributed by atoms with Crippen LogP contribution in [-0.4, -0.2) is 31.3 Å². The maximum absolute atomic E-state index is 12.2. The molecule has 0 unspecified atom stereocenters. The number of nitrogens with one attached hydrogen (secondary N) is 1. The highest BCUT2D eigenvalue weighted by Crippen LogP contribution is 2.24. The van der Waals surface area contributed by atoms with Gasteiger partial charge < -0.3 is 9.88 Å². The molecule has 3 aromatic rings. The van der Waals surface area contributed by atoms with E-state index in [2.05, 4.69) is 15.5 Å². The van der Waals surface area contributed by atoms with Gasteiger partial charge in [0.25, 0.3) is 5.69 Å². The van der Waals surface area contributed by atoms with Crippen molar-refractivity contribution in [2.24, 2.45) is 7.05 Å². The number of rotatable bonds is 6. The van der Waals surface area contributed by atoms with Gasteiger partial charge in [0, 0.05) is 30.4 Å². The standard InChI is InChI=1S/C18H17N5O3S/c1-12-10-14(23(25)26)8-9-15(12)19-16(24)11-27-18-21-20-17(22(18)2)13-6-4-3-5-7-13/h3-10H,11H2,1-2H3,(H,19,24). The molecule has 138 valence electrons. The molecular weight excluding hydrogens is 366 g/mol. The highest BCUT2D eigenvalue weighted by molar-refractivity contribution is 7.99. The third kappa shape index (κ3) is 4.32. The molecule has 27 heavy (non-hydrogen) atoms. The zero-order valence-corrected chi connectivity index (χ0v) is 15.6. The van der Waals surface area contributed by atoms with Gasteiger partial charge in [-0.25, -0.2) is 0 Å². The number of nitro benzene ring substituents is 1. The van der Waals surface area contributed by atoms with Crippen LogP contribution in [0.15, 0.2) is 53.7 Å². The molecule has 0 aliphatic carbocycles. The van der Waals surface area contributed by atoms with Gasteiger partial charge in [0.05, 0.1) is 10.7 Å². The quantitative estimate of drug-likeness (QED) is 0.397. The van der Waals surface area contributed by atoms with E-state index in [-0.39, 0.29) is 17.3 Å². The smallest absolute Gasteiger partial charge is 0.269 e. The SMILES string of the molecule is Cc1cc([N+](=O)[O-])ccc1NC(=O)CSc1nnc(-c2ccccc2)n1C. The van der Waals surface area contributed by atoms with Gasteiger partial charge in [-0.1, -0.05) is 42.1 Å². The van der Waals surface area contributed by atoms with Gasteiger partial charge in [-0.05, 0) is 18.6 Å². The first-order chi connectivity index (χ1) is 13.0. The Kier molecular flexibility index (Phi) is 5.51. The van der Waals surface area contributed by atoms with Crippen LogP contribution in [0.25, 0.3) is 11.4 Å². The molecule has 2 aromatic carbocycles. The Bertz CT molecular complexity index is 988. The first-order valence-corrected chi connectivity index (χ1v) is 9.07. The Morgan fingerprint density at radius 1 is 1.22 bits per heavy atom. The van der Waals surface area contributed by atoms with E-state index >= 15 is 0 Å². The first-order valence-electron chi connectivity index (χ1n) is 8.08. The van der Waals surface area contributed by atoms with Gasteiger partial charge in [0.2, 0.25) is 5.91 Å². The highest BCUT2D eigenvalue weighted by Gasteiger charge is 2.14. The minimum atomic E-state index is -0.465. The van der Waals surface area contributed by atoms with Crippen molar-refractivity contribution >= 4 is 29.0 Å². The normalized spacial score (nSPS) is 10.6. The Labute approximate surface area is 159 Å². The van der Waals surface area contributed by atoms with Crippen molar-refractivity contribution < 1.29 is 9.72 Å². The van der Waals surface area contributed by atoms with E-state index in [1.54, 1.807) is 6.92 Å². The maximum atomic E-state index is 12.2. The predicted molar refractivity (Wildman–Crippen MR) is 104 cm³/mol. The molecule has 0 bridgehead atoms. The molecule has 0 atom stereocenters. The molecule has 1 N–H and O–H groups in total. The molecular formula is C18H17N5O3S. The second-order valence-corrected chi connectivity index (χ2v) is 6.77. The molecule has 0 saturated carbocycles. The van der Waals surface area contributed by atoms with E-state index in [4.69, 9.17) is 0 Å². The third-order valence-electron chi connectivity index (χ3n) is 3.89. The second kappa shape index (κ2) is 8.00. The number of nitrogens with zero attached hydrogens (tertiary/aromatic N) is 4. The van der Waals surface area contributed by atoms with Crippen molar-refractivity contribution in [2.75, 3.05) is 11.1 Å². The number of benzene rings is 2. The molecule has 3 rings (SSSR count). The van der Waals surface area contributed by atoms with Crippen molar-refractivity contribution in [1.82, 2.24) is 14.8 Å². The minimum Gasteiger partial charge on any atom is -0.325 e. The molecule has 1 heterocycles. The predicted octanol–water partition coefficient (Wildman–Crippen LogP) is 3.43. The van der Waals surface area contributed by atoms with E-state index in [9.17, 15) is 14.9 Å². The summed E-state index contributed by atoms with van der Waals surface area (Å²) in [6.45, 7) is 1.71. The molecule has 0 spiro atoms. The molecule has 0 saturated heterocycles. The third-order valence-corrected chi connectivity index (χ3v) is 4.91. The molecule has 1 aromatic heterocycles. The fourth-order valence-electron chi connectivity index (χ4n) is 2.50. The maximum Gasteiger partial charge on any atom is 0.269 e. The van der Waals surface area contributed by atoms with Crippen LogP contribution in [0.1, 0.15) is 5.56 Å². The number of carbonyl (C=O) groups is 1. The monoisotopic (exact) mass is 383 g/mol. The molecule has 0 radical (unpaired) electrons. The lowest BCUT2D eigenvalue weighted by Gasteiger charge is -2.08. The molecule has 8 nitrogen and oxygen atoms in total. The summed E-state index contributed by atoms with van der Waals surface area (Å²) in [5, 5.41) is 22.5. The van der Waals surface area contributed by atoms with Gasteiger partial charge in [-0.15, -0.1) is 10.2 Å². The summed E-state index contributed by atoms with van der Waals surface area (Å²) in [5.74, 6) is 0.655. The van der Waals surface area contributed by atoms with Crippen molar-refractivity contribution in [3.8, 4) is 11.4 Å². The van der Waals surface area contributed by atoms with Gasteiger partial charge >= 0.3 is 0 Å². The number of non-ortho nitro benzene ring substituents is 1. The molecule has 9 heteroatoms. The van der Waals surface area contributed by atoms with Gasteiger partial charge in [-0.2, -0.15) is 0 Å². The average Bonchev–Trinajstić information content (AvgIpc) is 3.03. The average molecular weight is 383 g/mol. The minimum absolute atomic E-state index is 0.00704. The van der Waals surface area contributed by atoms with Crippen LogP contribution in [0.3, 0.4) is 0 Å². The zero-order valence-electron chi connectivity index (χ0n) is 14.7. The second-order valence-electron chi connectivity index (χ2n) is 5.82. The zero-order chi connectivity index (χ0) is 19.4. The summed E-state index contributed by atoms with van der Waals surface area (Å²) in [7, 11) is 1.85. The van der Waals surface area contributed by atoms with E-state index in [1.807, 2.05) is 41.9 Å². The van der Waals surface area contributed by atoms with Crippen LogP contribution in [-0.2, 0) is 11.8 Å². The first kappa shape index (κ1) is 18.6. The van der Waals surface area contributed by atoms with Gasteiger partial charge in [-0.3, -0.25) is 14.9 Å². The van der Waals surface area contributed by atoms with Crippen molar-refractivity contribution in [1.29, 1.82) is 0 Å². The number of nitro groups is 1. The molecule has 0 aliphatic heterocycles. The summed E-state index contributed by atoms with van der Waals surface area (Å²) in [6.07, 6.45) is 0. The number of hydrogen-bond donors (Lipinski definition) is 1. The fourth-order valence-corrected chi connectivity index (χ4v) is 3.21. The van der Waals surface area contributed by atoms with E-state index in [0.717, 1.165) is 11.4 Å². The Morgan fingerprint density at radius 2 is 1.96 bits per heavy atom. The number of aryl methyl sites for hydroxylation is 1. The lowest BCUT2D eigenvalue weighted by atomic mass is 10.2. The number of amides is 1. The number of hydrogen-bond acceptors (Lipinski definition) is 6. The number of anilines is 1. The summed E-state index contributed by atoms with van der Waals surface area (Å²) >= 11 is 1.27. The van der Waals surface area contributed by atoms with Crippen LogP contribution in [0.5, 0.6) is 0 Å². The van der Waals surface area contributed by atoms with E-state index < -0.39 is 4.92 Å². The van der Waals surface area contributed by atoms with Crippen molar-refractivity contribution in [3.05, 3.63) is 64.2 Å². The number of aromatic nitrogens is 3. The molecule has 1 amide bonds. The van der Waals surface area contributed by atoms with E-state index in [0.29, 0.717) is 16.4 Å². The van der Waals surface area contributed by atoms with Crippen LogP contribution in [0, 0.1) is 17.0 Å². The van der Waals surface area contributed by atoms with Gasteiger partial charge in [0.15, 0.2) is 11.0 Å².